The third kappa shape index (κ3) is 5.15. The van der Waals surface area contributed by atoms with Gasteiger partial charge in [-0.05, 0) is 30.2 Å². The van der Waals surface area contributed by atoms with Gasteiger partial charge in [0.15, 0.2) is 5.76 Å². The van der Waals surface area contributed by atoms with E-state index in [1.54, 1.807) is 12.1 Å². The normalized spacial score (nSPS) is 11.8. The second-order valence-electron chi connectivity index (χ2n) is 5.62. The average molecular weight is 330 g/mol. The molecule has 128 valence electrons. The molecule has 24 heavy (non-hydrogen) atoms. The summed E-state index contributed by atoms with van der Waals surface area (Å²) in [5, 5.41) is 5.47. The van der Waals surface area contributed by atoms with Gasteiger partial charge in [-0.15, -0.1) is 0 Å². The molecule has 0 aliphatic heterocycles. The van der Waals surface area contributed by atoms with Crippen LogP contribution in [0.1, 0.15) is 24.4 Å². The molecular formula is C18H22N2O4. The lowest BCUT2D eigenvalue weighted by Crippen LogP contribution is -2.50. The summed E-state index contributed by atoms with van der Waals surface area (Å²) in [5.74, 6) is 0.217. The molecule has 0 saturated heterocycles. The molecule has 0 aliphatic carbocycles. The van der Waals surface area contributed by atoms with Crippen molar-refractivity contribution < 1.29 is 18.7 Å². The van der Waals surface area contributed by atoms with Crippen molar-refractivity contribution in [2.24, 2.45) is 5.92 Å². The molecule has 1 aromatic heterocycles. The number of rotatable bonds is 8. The number of nitrogens with one attached hydrogen (secondary N) is 2. The number of benzene rings is 1. The highest BCUT2D eigenvalue weighted by Gasteiger charge is 2.25. The predicted molar refractivity (Wildman–Crippen MR) is 89.7 cm³/mol. The predicted octanol–water partition coefficient (Wildman–Crippen LogP) is 2.23. The highest BCUT2D eigenvalue weighted by molar-refractivity contribution is 5.95. The molecular weight excluding hydrogens is 308 g/mol. The van der Waals surface area contributed by atoms with Gasteiger partial charge in [0.25, 0.3) is 5.91 Å². The van der Waals surface area contributed by atoms with Crippen molar-refractivity contribution in [3.8, 4) is 5.75 Å². The van der Waals surface area contributed by atoms with Gasteiger partial charge in [0.1, 0.15) is 18.4 Å². The Kier molecular flexibility index (Phi) is 6.42. The molecule has 0 saturated carbocycles. The smallest absolute Gasteiger partial charge is 0.287 e. The molecule has 2 aromatic rings. The number of ether oxygens (including phenoxy) is 1. The van der Waals surface area contributed by atoms with Crippen LogP contribution in [0, 0.1) is 5.92 Å². The minimum Gasteiger partial charge on any atom is -0.492 e. The van der Waals surface area contributed by atoms with Crippen molar-refractivity contribution in [3.05, 3.63) is 54.5 Å². The van der Waals surface area contributed by atoms with Crippen LogP contribution in [0.15, 0.2) is 53.1 Å². The first-order chi connectivity index (χ1) is 11.6. The third-order valence-corrected chi connectivity index (χ3v) is 3.39. The Labute approximate surface area is 141 Å². The first-order valence-electron chi connectivity index (χ1n) is 7.88. The van der Waals surface area contributed by atoms with Gasteiger partial charge in [0.05, 0.1) is 12.8 Å². The first kappa shape index (κ1) is 17.6. The van der Waals surface area contributed by atoms with Crippen molar-refractivity contribution in [1.82, 2.24) is 10.6 Å². The molecule has 1 unspecified atom stereocenters. The Morgan fingerprint density at radius 3 is 2.50 bits per heavy atom. The van der Waals surface area contributed by atoms with Crippen molar-refractivity contribution in [3.63, 3.8) is 0 Å². The molecule has 0 bridgehead atoms. The maximum Gasteiger partial charge on any atom is 0.287 e. The van der Waals surface area contributed by atoms with Crippen LogP contribution < -0.4 is 15.4 Å². The van der Waals surface area contributed by atoms with E-state index in [0.29, 0.717) is 13.2 Å². The summed E-state index contributed by atoms with van der Waals surface area (Å²) >= 11 is 0. The Bertz CT molecular complexity index is 638. The molecule has 1 heterocycles. The largest absolute Gasteiger partial charge is 0.492 e. The summed E-state index contributed by atoms with van der Waals surface area (Å²) in [7, 11) is 0. The number of para-hydroxylation sites is 1. The van der Waals surface area contributed by atoms with Gasteiger partial charge in [-0.3, -0.25) is 9.59 Å². The average Bonchev–Trinajstić information content (AvgIpc) is 3.11. The number of hydrogen-bond acceptors (Lipinski definition) is 4. The van der Waals surface area contributed by atoms with E-state index < -0.39 is 11.9 Å². The van der Waals surface area contributed by atoms with Crippen molar-refractivity contribution in [1.29, 1.82) is 0 Å². The second kappa shape index (κ2) is 8.76. The third-order valence-electron chi connectivity index (χ3n) is 3.39. The van der Waals surface area contributed by atoms with Crippen molar-refractivity contribution in [2.75, 3.05) is 13.2 Å². The van der Waals surface area contributed by atoms with Crippen LogP contribution in [0.4, 0.5) is 0 Å². The molecule has 0 aliphatic rings. The Morgan fingerprint density at radius 1 is 1.12 bits per heavy atom. The number of carbonyl (C=O) groups is 2. The molecule has 1 atom stereocenters. The number of furan rings is 1. The van der Waals surface area contributed by atoms with Crippen molar-refractivity contribution >= 4 is 11.8 Å². The molecule has 0 fully saturated rings. The summed E-state index contributed by atoms with van der Waals surface area (Å²) in [5.41, 5.74) is 0. The minimum atomic E-state index is -0.640. The van der Waals surface area contributed by atoms with E-state index in [-0.39, 0.29) is 17.6 Å². The highest BCUT2D eigenvalue weighted by Crippen LogP contribution is 2.08. The van der Waals surface area contributed by atoms with Gasteiger partial charge in [-0.1, -0.05) is 32.0 Å². The van der Waals surface area contributed by atoms with Crippen LogP contribution in [0.3, 0.4) is 0 Å². The van der Waals surface area contributed by atoms with E-state index in [0.717, 1.165) is 5.75 Å². The molecule has 2 amide bonds. The number of carbonyl (C=O) groups excluding carboxylic acids is 2. The fourth-order valence-corrected chi connectivity index (χ4v) is 2.12. The molecule has 0 radical (unpaired) electrons. The summed E-state index contributed by atoms with van der Waals surface area (Å²) < 4.78 is 10.6. The monoisotopic (exact) mass is 330 g/mol. The topological polar surface area (TPSA) is 80.6 Å². The molecule has 6 heteroatoms. The van der Waals surface area contributed by atoms with Crippen LogP contribution in [0.2, 0.25) is 0 Å². The molecule has 1 aromatic carbocycles. The molecule has 2 rings (SSSR count). The van der Waals surface area contributed by atoms with E-state index in [1.165, 1.54) is 6.26 Å². The van der Waals surface area contributed by atoms with Gasteiger partial charge in [0.2, 0.25) is 5.91 Å². The van der Waals surface area contributed by atoms with Gasteiger partial charge < -0.3 is 19.8 Å². The quantitative estimate of drug-likeness (QED) is 0.727. The van der Waals surface area contributed by atoms with E-state index >= 15 is 0 Å². The van der Waals surface area contributed by atoms with Crippen LogP contribution in [-0.2, 0) is 4.79 Å². The van der Waals surface area contributed by atoms with Crippen molar-refractivity contribution in [2.45, 2.75) is 19.9 Å². The van der Waals surface area contributed by atoms with Gasteiger partial charge in [0, 0.05) is 0 Å². The van der Waals surface area contributed by atoms with E-state index in [1.807, 2.05) is 44.2 Å². The van der Waals surface area contributed by atoms with Gasteiger partial charge in [-0.25, -0.2) is 0 Å². The Morgan fingerprint density at radius 2 is 1.88 bits per heavy atom. The lowest BCUT2D eigenvalue weighted by molar-refractivity contribution is -0.124. The number of hydrogen-bond donors (Lipinski definition) is 2. The van der Waals surface area contributed by atoms with Crippen LogP contribution in [0.25, 0.3) is 0 Å². The maximum atomic E-state index is 12.3. The van der Waals surface area contributed by atoms with E-state index in [2.05, 4.69) is 10.6 Å². The Hall–Kier alpha value is -2.76. The van der Waals surface area contributed by atoms with E-state index in [4.69, 9.17) is 9.15 Å². The van der Waals surface area contributed by atoms with Crippen LogP contribution >= 0.6 is 0 Å². The zero-order valence-corrected chi connectivity index (χ0v) is 13.8. The fourth-order valence-electron chi connectivity index (χ4n) is 2.12. The SMILES string of the molecule is CC(C)C(NC(=O)c1ccco1)C(=O)NCCOc1ccccc1. The summed E-state index contributed by atoms with van der Waals surface area (Å²) in [6.07, 6.45) is 1.42. The van der Waals surface area contributed by atoms with Crippen LogP contribution in [0.5, 0.6) is 5.75 Å². The maximum absolute atomic E-state index is 12.3. The lowest BCUT2D eigenvalue weighted by Gasteiger charge is -2.21. The Balaban J connectivity index is 1.79. The first-order valence-corrected chi connectivity index (χ1v) is 7.88. The fraction of sp³-hybridized carbons (Fsp3) is 0.333. The minimum absolute atomic E-state index is 0.0565. The molecule has 0 spiro atoms. The highest BCUT2D eigenvalue weighted by atomic mass is 16.5. The number of amides is 2. The second-order valence-corrected chi connectivity index (χ2v) is 5.62. The molecule has 6 nitrogen and oxygen atoms in total. The molecule has 2 N–H and O–H groups in total. The summed E-state index contributed by atoms with van der Waals surface area (Å²) in [4.78, 5) is 24.3. The lowest BCUT2D eigenvalue weighted by atomic mass is 10.0. The van der Waals surface area contributed by atoms with Gasteiger partial charge >= 0.3 is 0 Å². The summed E-state index contributed by atoms with van der Waals surface area (Å²) in [6.45, 7) is 4.44. The standard InChI is InChI=1S/C18H22N2O4/c1-13(2)16(20-17(21)15-9-6-11-24-15)18(22)19-10-12-23-14-7-4-3-5-8-14/h3-9,11,13,16H,10,12H2,1-2H3,(H,19,22)(H,20,21). The van der Waals surface area contributed by atoms with Crippen LogP contribution in [-0.4, -0.2) is 31.0 Å². The van der Waals surface area contributed by atoms with E-state index in [9.17, 15) is 9.59 Å². The van der Waals surface area contributed by atoms with Gasteiger partial charge in [-0.2, -0.15) is 0 Å². The summed E-state index contributed by atoms with van der Waals surface area (Å²) in [6, 6.07) is 11.9. The zero-order chi connectivity index (χ0) is 17.4. The zero-order valence-electron chi connectivity index (χ0n) is 13.8.